The zero-order valence-corrected chi connectivity index (χ0v) is 11.3. The van der Waals surface area contributed by atoms with Crippen LogP contribution in [0.15, 0.2) is 29.6 Å². The molecule has 2 aromatic heterocycles. The van der Waals surface area contributed by atoms with E-state index in [1.165, 1.54) is 11.3 Å². The summed E-state index contributed by atoms with van der Waals surface area (Å²) in [6, 6.07) is 6.37. The van der Waals surface area contributed by atoms with E-state index < -0.39 is 6.04 Å². The lowest BCUT2D eigenvalue weighted by Crippen LogP contribution is -2.27. The van der Waals surface area contributed by atoms with E-state index >= 15 is 0 Å². The molecule has 18 heavy (non-hydrogen) atoms. The Morgan fingerprint density at radius 2 is 2.28 bits per heavy atom. The van der Waals surface area contributed by atoms with E-state index in [4.69, 9.17) is 17.3 Å². The van der Waals surface area contributed by atoms with E-state index in [-0.39, 0.29) is 5.91 Å². The van der Waals surface area contributed by atoms with E-state index in [0.29, 0.717) is 16.5 Å². The summed E-state index contributed by atoms with van der Waals surface area (Å²) < 4.78 is 0. The minimum atomic E-state index is -0.667. The van der Waals surface area contributed by atoms with Crippen molar-refractivity contribution in [2.24, 2.45) is 5.73 Å². The number of carbonyl (C=O) groups excluding carboxylic acids is 1. The first-order valence-corrected chi connectivity index (χ1v) is 6.56. The minimum Gasteiger partial charge on any atom is -0.323 e. The summed E-state index contributed by atoms with van der Waals surface area (Å²) >= 11 is 7.20. The summed E-state index contributed by atoms with van der Waals surface area (Å²) in [6.45, 7) is 1.78. The second-order valence-electron chi connectivity index (χ2n) is 3.75. The van der Waals surface area contributed by atoms with Crippen LogP contribution < -0.4 is 11.1 Å². The lowest BCUT2D eigenvalue weighted by molar-refractivity contribution is -0.117. The summed E-state index contributed by atoms with van der Waals surface area (Å²) in [4.78, 5) is 16.8. The Bertz CT molecular complexity index is 556. The van der Waals surface area contributed by atoms with E-state index in [1.54, 1.807) is 19.1 Å². The summed E-state index contributed by atoms with van der Waals surface area (Å²) in [5.41, 5.74) is 7.15. The standard InChI is InChI=1S/C12H12ClN3OS/c1-7-8(4-5-10(13)15-7)16-12(17)11(14)9-3-2-6-18-9/h2-6,11H,14H2,1H3,(H,16,17). The molecule has 0 aliphatic carbocycles. The molecular weight excluding hydrogens is 270 g/mol. The molecule has 0 radical (unpaired) electrons. The van der Waals surface area contributed by atoms with Crippen molar-refractivity contribution in [2.75, 3.05) is 5.32 Å². The number of amides is 1. The number of hydrogen-bond donors (Lipinski definition) is 2. The molecule has 0 aliphatic heterocycles. The molecule has 3 N–H and O–H groups in total. The molecule has 0 saturated heterocycles. The van der Waals surface area contributed by atoms with Gasteiger partial charge in [-0.2, -0.15) is 0 Å². The topological polar surface area (TPSA) is 68.0 Å². The first-order chi connectivity index (χ1) is 8.58. The summed E-state index contributed by atoms with van der Waals surface area (Å²) in [6.07, 6.45) is 0. The number of anilines is 1. The number of aryl methyl sites for hydroxylation is 1. The third kappa shape index (κ3) is 2.87. The van der Waals surface area contributed by atoms with Gasteiger partial charge in [0.1, 0.15) is 11.2 Å². The molecule has 0 aromatic carbocycles. The monoisotopic (exact) mass is 281 g/mol. The van der Waals surface area contributed by atoms with Gasteiger partial charge in [-0.15, -0.1) is 11.3 Å². The van der Waals surface area contributed by atoms with Gasteiger partial charge in [0, 0.05) is 4.88 Å². The van der Waals surface area contributed by atoms with Crippen LogP contribution in [0.5, 0.6) is 0 Å². The van der Waals surface area contributed by atoms with Gasteiger partial charge in [0.05, 0.1) is 11.4 Å². The molecule has 6 heteroatoms. The second-order valence-corrected chi connectivity index (χ2v) is 5.12. The number of rotatable bonds is 3. The number of thiophene rings is 1. The van der Waals surface area contributed by atoms with Gasteiger partial charge in [-0.05, 0) is 30.5 Å². The number of nitrogens with one attached hydrogen (secondary N) is 1. The molecule has 1 atom stereocenters. The van der Waals surface area contributed by atoms with Gasteiger partial charge in [-0.3, -0.25) is 4.79 Å². The molecule has 0 bridgehead atoms. The smallest absolute Gasteiger partial charge is 0.246 e. The Hall–Kier alpha value is -1.43. The average molecular weight is 282 g/mol. The molecule has 1 unspecified atom stereocenters. The molecule has 0 fully saturated rings. The second kappa shape index (κ2) is 5.48. The van der Waals surface area contributed by atoms with Crippen LogP contribution in [0.4, 0.5) is 5.69 Å². The molecular formula is C12H12ClN3OS. The highest BCUT2D eigenvalue weighted by Gasteiger charge is 2.17. The predicted octanol–water partition coefficient (Wildman–Crippen LogP) is 2.74. The lowest BCUT2D eigenvalue weighted by atomic mass is 10.2. The van der Waals surface area contributed by atoms with Crippen molar-refractivity contribution in [3.63, 3.8) is 0 Å². The maximum Gasteiger partial charge on any atom is 0.246 e. The summed E-state index contributed by atoms with van der Waals surface area (Å²) in [7, 11) is 0. The van der Waals surface area contributed by atoms with Crippen LogP contribution in [-0.4, -0.2) is 10.9 Å². The van der Waals surface area contributed by atoms with Gasteiger partial charge in [-0.25, -0.2) is 4.98 Å². The number of aromatic nitrogens is 1. The van der Waals surface area contributed by atoms with E-state index in [9.17, 15) is 4.79 Å². The highest BCUT2D eigenvalue weighted by molar-refractivity contribution is 7.10. The molecule has 2 heterocycles. The van der Waals surface area contributed by atoms with E-state index in [0.717, 1.165) is 4.88 Å². The molecule has 94 valence electrons. The van der Waals surface area contributed by atoms with Gasteiger partial charge >= 0.3 is 0 Å². The molecule has 2 rings (SSSR count). The fourth-order valence-corrected chi connectivity index (χ4v) is 2.39. The first kappa shape index (κ1) is 13.0. The molecule has 4 nitrogen and oxygen atoms in total. The number of halogens is 1. The fraction of sp³-hybridized carbons (Fsp3) is 0.167. The number of nitrogens with zero attached hydrogens (tertiary/aromatic N) is 1. The van der Waals surface area contributed by atoms with Crippen LogP contribution >= 0.6 is 22.9 Å². The van der Waals surface area contributed by atoms with Crippen LogP contribution in [0.1, 0.15) is 16.6 Å². The van der Waals surface area contributed by atoms with Crippen molar-refractivity contribution in [3.8, 4) is 0 Å². The summed E-state index contributed by atoms with van der Waals surface area (Å²) in [5.74, 6) is -0.260. The van der Waals surface area contributed by atoms with Crippen LogP contribution in [0.25, 0.3) is 0 Å². The normalized spacial score (nSPS) is 12.2. The Morgan fingerprint density at radius 3 is 2.89 bits per heavy atom. The fourth-order valence-electron chi connectivity index (χ4n) is 1.47. The van der Waals surface area contributed by atoms with Crippen molar-refractivity contribution in [1.82, 2.24) is 4.98 Å². The third-order valence-corrected chi connectivity index (χ3v) is 3.61. The number of carbonyl (C=O) groups is 1. The molecule has 1 amide bonds. The van der Waals surface area contributed by atoms with Crippen molar-refractivity contribution >= 4 is 34.5 Å². The van der Waals surface area contributed by atoms with E-state index in [2.05, 4.69) is 10.3 Å². The first-order valence-electron chi connectivity index (χ1n) is 5.31. The Kier molecular flexibility index (Phi) is 3.96. The zero-order chi connectivity index (χ0) is 13.1. The van der Waals surface area contributed by atoms with Crippen molar-refractivity contribution in [1.29, 1.82) is 0 Å². The Labute approximate surface area is 114 Å². The van der Waals surface area contributed by atoms with Crippen molar-refractivity contribution in [2.45, 2.75) is 13.0 Å². The highest BCUT2D eigenvalue weighted by atomic mass is 35.5. The average Bonchev–Trinajstić information content (AvgIpc) is 2.85. The van der Waals surface area contributed by atoms with Crippen LogP contribution in [-0.2, 0) is 4.79 Å². The maximum atomic E-state index is 12.0. The summed E-state index contributed by atoms with van der Waals surface area (Å²) in [5, 5.41) is 5.03. The number of pyridine rings is 1. The maximum absolute atomic E-state index is 12.0. The Morgan fingerprint density at radius 1 is 1.50 bits per heavy atom. The molecule has 0 aliphatic rings. The highest BCUT2D eigenvalue weighted by Crippen LogP contribution is 2.20. The third-order valence-electron chi connectivity index (χ3n) is 2.44. The Balaban J connectivity index is 2.12. The quantitative estimate of drug-likeness (QED) is 0.850. The van der Waals surface area contributed by atoms with Gasteiger partial charge in [0.15, 0.2) is 0 Å². The zero-order valence-electron chi connectivity index (χ0n) is 9.68. The molecule has 0 saturated carbocycles. The van der Waals surface area contributed by atoms with Crippen molar-refractivity contribution in [3.05, 3.63) is 45.4 Å². The van der Waals surface area contributed by atoms with Crippen LogP contribution in [0.2, 0.25) is 5.15 Å². The van der Waals surface area contributed by atoms with Crippen LogP contribution in [0, 0.1) is 6.92 Å². The van der Waals surface area contributed by atoms with Gasteiger partial charge in [-0.1, -0.05) is 17.7 Å². The largest absolute Gasteiger partial charge is 0.323 e. The lowest BCUT2D eigenvalue weighted by Gasteiger charge is -2.12. The number of hydrogen-bond acceptors (Lipinski definition) is 4. The van der Waals surface area contributed by atoms with Crippen LogP contribution in [0.3, 0.4) is 0 Å². The molecule has 2 aromatic rings. The van der Waals surface area contributed by atoms with E-state index in [1.807, 2.05) is 17.5 Å². The van der Waals surface area contributed by atoms with Gasteiger partial charge in [0.25, 0.3) is 0 Å². The van der Waals surface area contributed by atoms with Gasteiger partial charge in [0.2, 0.25) is 5.91 Å². The minimum absolute atomic E-state index is 0.260. The molecule has 0 spiro atoms. The van der Waals surface area contributed by atoms with Crippen molar-refractivity contribution < 1.29 is 4.79 Å². The SMILES string of the molecule is Cc1nc(Cl)ccc1NC(=O)C(N)c1cccs1. The predicted molar refractivity (Wildman–Crippen MR) is 73.9 cm³/mol. The van der Waals surface area contributed by atoms with Gasteiger partial charge < -0.3 is 11.1 Å². The number of nitrogens with two attached hydrogens (primary N) is 1.